The standard InChI is InChI=1S/C13H17ClN2O2S/c1-3-6-16(10-4-5-10)19(17,18)13-8-12(15)11(14)7-9(13)2/h3,7-8,10H,1,4-6,15H2,2H3. The molecular formula is C13H17ClN2O2S. The molecule has 1 aromatic carbocycles. The normalized spacial score (nSPS) is 15.7. The van der Waals surface area contributed by atoms with E-state index in [0.717, 1.165) is 12.8 Å². The third-order valence-electron chi connectivity index (χ3n) is 3.14. The third kappa shape index (κ3) is 2.78. The number of rotatable bonds is 5. The summed E-state index contributed by atoms with van der Waals surface area (Å²) in [7, 11) is -3.55. The summed E-state index contributed by atoms with van der Waals surface area (Å²) >= 11 is 5.90. The summed E-state index contributed by atoms with van der Waals surface area (Å²) in [6.45, 7) is 5.65. The fourth-order valence-electron chi connectivity index (χ4n) is 2.01. The summed E-state index contributed by atoms with van der Waals surface area (Å²) in [5.41, 5.74) is 6.60. The lowest BCUT2D eigenvalue weighted by Gasteiger charge is -2.21. The van der Waals surface area contributed by atoms with Crippen molar-refractivity contribution in [2.45, 2.75) is 30.7 Å². The summed E-state index contributed by atoms with van der Waals surface area (Å²) in [6, 6.07) is 3.10. The van der Waals surface area contributed by atoms with Crippen molar-refractivity contribution in [1.29, 1.82) is 0 Å². The molecule has 0 bridgehead atoms. The van der Waals surface area contributed by atoms with Gasteiger partial charge in [0.15, 0.2) is 0 Å². The topological polar surface area (TPSA) is 63.4 Å². The SMILES string of the molecule is C=CCN(C1CC1)S(=O)(=O)c1cc(N)c(Cl)cc1C. The highest BCUT2D eigenvalue weighted by molar-refractivity contribution is 7.89. The minimum absolute atomic E-state index is 0.0827. The van der Waals surface area contributed by atoms with E-state index in [9.17, 15) is 8.42 Å². The van der Waals surface area contributed by atoms with Gasteiger partial charge in [0.2, 0.25) is 10.0 Å². The Labute approximate surface area is 118 Å². The smallest absolute Gasteiger partial charge is 0.243 e. The van der Waals surface area contributed by atoms with Crippen LogP contribution in [-0.2, 0) is 10.0 Å². The highest BCUT2D eigenvalue weighted by Crippen LogP contribution is 2.34. The molecule has 2 rings (SSSR count). The number of nitrogens with zero attached hydrogens (tertiary/aromatic N) is 1. The Bertz CT molecular complexity index is 609. The maximum absolute atomic E-state index is 12.7. The molecule has 0 aliphatic heterocycles. The van der Waals surface area contributed by atoms with Gasteiger partial charge in [-0.15, -0.1) is 6.58 Å². The van der Waals surface area contributed by atoms with Crippen LogP contribution in [0.15, 0.2) is 29.7 Å². The number of halogens is 1. The maximum atomic E-state index is 12.7. The molecule has 0 unspecified atom stereocenters. The van der Waals surface area contributed by atoms with Crippen molar-refractivity contribution in [3.63, 3.8) is 0 Å². The lowest BCUT2D eigenvalue weighted by atomic mass is 10.2. The first kappa shape index (κ1) is 14.4. The predicted molar refractivity (Wildman–Crippen MR) is 77.7 cm³/mol. The van der Waals surface area contributed by atoms with E-state index in [0.29, 0.717) is 17.1 Å². The van der Waals surface area contributed by atoms with Gasteiger partial charge < -0.3 is 5.73 Å². The van der Waals surface area contributed by atoms with Crippen LogP contribution in [0.1, 0.15) is 18.4 Å². The minimum Gasteiger partial charge on any atom is -0.397 e. The van der Waals surface area contributed by atoms with Crippen molar-refractivity contribution in [3.8, 4) is 0 Å². The summed E-state index contributed by atoms with van der Waals surface area (Å²) in [6.07, 6.45) is 3.40. The van der Waals surface area contributed by atoms with Crippen LogP contribution in [0.2, 0.25) is 5.02 Å². The summed E-state index contributed by atoms with van der Waals surface area (Å²) in [4.78, 5) is 0.225. The van der Waals surface area contributed by atoms with Gasteiger partial charge in [0, 0.05) is 12.6 Å². The number of nitrogens with two attached hydrogens (primary N) is 1. The molecule has 0 amide bonds. The zero-order valence-corrected chi connectivity index (χ0v) is 12.3. The summed E-state index contributed by atoms with van der Waals surface area (Å²) in [5.74, 6) is 0. The number of nitrogen functional groups attached to an aromatic ring is 1. The van der Waals surface area contributed by atoms with E-state index in [1.807, 2.05) is 0 Å². The first-order chi connectivity index (χ1) is 8.87. The molecule has 0 heterocycles. The molecule has 0 radical (unpaired) electrons. The van der Waals surface area contributed by atoms with Gasteiger partial charge in [0.05, 0.1) is 15.6 Å². The second kappa shape index (κ2) is 5.15. The van der Waals surface area contributed by atoms with E-state index in [1.165, 1.54) is 10.4 Å². The average molecular weight is 301 g/mol. The molecule has 0 saturated heterocycles. The molecule has 0 aromatic heterocycles. The Kier molecular flexibility index (Phi) is 3.90. The monoisotopic (exact) mass is 300 g/mol. The van der Waals surface area contributed by atoms with Crippen LogP contribution in [0, 0.1) is 6.92 Å². The number of anilines is 1. The lowest BCUT2D eigenvalue weighted by molar-refractivity contribution is 0.435. The van der Waals surface area contributed by atoms with Gasteiger partial charge >= 0.3 is 0 Å². The highest BCUT2D eigenvalue weighted by Gasteiger charge is 2.38. The van der Waals surface area contributed by atoms with Crippen molar-refractivity contribution in [2.75, 3.05) is 12.3 Å². The van der Waals surface area contributed by atoms with Crippen LogP contribution >= 0.6 is 11.6 Å². The van der Waals surface area contributed by atoms with Crippen LogP contribution in [-0.4, -0.2) is 25.3 Å². The Morgan fingerprint density at radius 2 is 2.16 bits per heavy atom. The first-order valence-corrected chi connectivity index (χ1v) is 7.88. The van der Waals surface area contributed by atoms with Gasteiger partial charge in [-0.25, -0.2) is 8.42 Å². The van der Waals surface area contributed by atoms with Crippen LogP contribution < -0.4 is 5.73 Å². The van der Waals surface area contributed by atoms with Crippen molar-refractivity contribution >= 4 is 27.3 Å². The number of sulfonamides is 1. The molecule has 1 fully saturated rings. The Hall–Kier alpha value is -1.04. The summed E-state index contributed by atoms with van der Waals surface area (Å²) in [5, 5.41) is 0.373. The zero-order valence-electron chi connectivity index (χ0n) is 10.8. The van der Waals surface area contributed by atoms with E-state index < -0.39 is 10.0 Å². The number of benzene rings is 1. The van der Waals surface area contributed by atoms with Gasteiger partial charge in [-0.05, 0) is 37.5 Å². The number of hydrogen-bond donors (Lipinski definition) is 1. The van der Waals surface area contributed by atoms with Crippen molar-refractivity contribution in [1.82, 2.24) is 4.31 Å². The van der Waals surface area contributed by atoms with Crippen molar-refractivity contribution in [2.24, 2.45) is 0 Å². The van der Waals surface area contributed by atoms with Gasteiger partial charge in [-0.1, -0.05) is 17.7 Å². The molecule has 4 nitrogen and oxygen atoms in total. The minimum atomic E-state index is -3.55. The number of hydrogen-bond acceptors (Lipinski definition) is 3. The largest absolute Gasteiger partial charge is 0.397 e. The Morgan fingerprint density at radius 1 is 1.53 bits per heavy atom. The molecule has 0 spiro atoms. The lowest BCUT2D eigenvalue weighted by Crippen LogP contribution is -2.33. The highest BCUT2D eigenvalue weighted by atomic mass is 35.5. The fraction of sp³-hybridized carbons (Fsp3) is 0.385. The number of aryl methyl sites for hydroxylation is 1. The van der Waals surface area contributed by atoms with Gasteiger partial charge in [0.25, 0.3) is 0 Å². The van der Waals surface area contributed by atoms with E-state index >= 15 is 0 Å². The molecule has 1 aliphatic rings. The van der Waals surface area contributed by atoms with Crippen molar-refractivity contribution < 1.29 is 8.42 Å². The second-order valence-corrected chi connectivity index (χ2v) is 7.00. The molecule has 1 aliphatic carbocycles. The van der Waals surface area contributed by atoms with E-state index in [4.69, 9.17) is 17.3 Å². The maximum Gasteiger partial charge on any atom is 0.243 e. The molecule has 1 saturated carbocycles. The Morgan fingerprint density at radius 3 is 2.68 bits per heavy atom. The molecule has 1 aromatic rings. The van der Waals surface area contributed by atoms with E-state index in [-0.39, 0.29) is 16.6 Å². The fourth-order valence-corrected chi connectivity index (χ4v) is 4.12. The predicted octanol–water partition coefficient (Wildman–Crippen LogP) is 2.57. The van der Waals surface area contributed by atoms with Crippen LogP contribution in [0.4, 0.5) is 5.69 Å². The molecule has 2 N–H and O–H groups in total. The molecular weight excluding hydrogens is 284 g/mol. The first-order valence-electron chi connectivity index (χ1n) is 6.06. The molecule has 0 atom stereocenters. The zero-order chi connectivity index (χ0) is 14.2. The third-order valence-corrected chi connectivity index (χ3v) is 5.53. The van der Waals surface area contributed by atoms with E-state index in [2.05, 4.69) is 6.58 Å². The molecule has 104 valence electrons. The van der Waals surface area contributed by atoms with Crippen LogP contribution in [0.25, 0.3) is 0 Å². The van der Waals surface area contributed by atoms with Gasteiger partial charge in [0.1, 0.15) is 0 Å². The van der Waals surface area contributed by atoms with Crippen molar-refractivity contribution in [3.05, 3.63) is 35.4 Å². The Balaban J connectivity index is 2.48. The molecule has 6 heteroatoms. The van der Waals surface area contributed by atoms with Gasteiger partial charge in [-0.3, -0.25) is 0 Å². The molecule has 19 heavy (non-hydrogen) atoms. The second-order valence-electron chi connectivity index (χ2n) is 4.73. The summed E-state index contributed by atoms with van der Waals surface area (Å²) < 4.78 is 26.8. The van der Waals surface area contributed by atoms with Crippen LogP contribution in [0.5, 0.6) is 0 Å². The quantitative estimate of drug-likeness (QED) is 0.671. The van der Waals surface area contributed by atoms with Crippen LogP contribution in [0.3, 0.4) is 0 Å². The van der Waals surface area contributed by atoms with Gasteiger partial charge in [-0.2, -0.15) is 4.31 Å². The van der Waals surface area contributed by atoms with E-state index in [1.54, 1.807) is 19.1 Å². The average Bonchev–Trinajstić information content (AvgIpc) is 3.14.